The van der Waals surface area contributed by atoms with Crippen molar-refractivity contribution in [3.63, 3.8) is 0 Å². The minimum Gasteiger partial charge on any atom is -0.507 e. The van der Waals surface area contributed by atoms with E-state index in [0.29, 0.717) is 41.7 Å². The SMILES string of the molecule is CCCOc1ccc(/C(O)=C2/C(=O)C(=O)N(c3cccc(OCCC)c3)C2c2ccco2)cc1. The fourth-order valence-electron chi connectivity index (χ4n) is 3.84. The predicted molar refractivity (Wildman–Crippen MR) is 128 cm³/mol. The predicted octanol–water partition coefficient (Wildman–Crippen LogP) is 5.48. The largest absolute Gasteiger partial charge is 0.507 e. The number of furan rings is 1. The lowest BCUT2D eigenvalue weighted by Crippen LogP contribution is -2.29. The van der Waals surface area contributed by atoms with Gasteiger partial charge in [-0.25, -0.2) is 0 Å². The van der Waals surface area contributed by atoms with E-state index in [0.717, 1.165) is 12.8 Å². The number of hydrogen-bond acceptors (Lipinski definition) is 6. The maximum atomic E-state index is 13.2. The van der Waals surface area contributed by atoms with Crippen molar-refractivity contribution in [1.82, 2.24) is 0 Å². The summed E-state index contributed by atoms with van der Waals surface area (Å²) in [4.78, 5) is 27.7. The molecule has 1 N–H and O–H groups in total. The zero-order chi connectivity index (χ0) is 24.1. The van der Waals surface area contributed by atoms with Gasteiger partial charge in [0, 0.05) is 17.3 Å². The maximum absolute atomic E-state index is 13.2. The molecule has 1 aliphatic heterocycles. The van der Waals surface area contributed by atoms with Gasteiger partial charge in [-0.3, -0.25) is 14.5 Å². The Morgan fingerprint density at radius 2 is 1.65 bits per heavy atom. The van der Waals surface area contributed by atoms with Gasteiger partial charge >= 0.3 is 0 Å². The number of Topliss-reactive ketones (excluding diaryl/α,β-unsaturated/α-hetero) is 1. The molecule has 0 spiro atoms. The van der Waals surface area contributed by atoms with E-state index >= 15 is 0 Å². The Bertz CT molecular complexity index is 1180. The molecule has 2 heterocycles. The Hall–Kier alpha value is -4.00. The number of ketones is 1. The number of hydrogen-bond donors (Lipinski definition) is 1. The fraction of sp³-hybridized carbons (Fsp3) is 0.259. The van der Waals surface area contributed by atoms with E-state index in [-0.39, 0.29) is 11.3 Å². The number of rotatable bonds is 9. The lowest BCUT2D eigenvalue weighted by atomic mass is 9.99. The molecule has 0 saturated carbocycles. The molecule has 1 unspecified atom stereocenters. The highest BCUT2D eigenvalue weighted by Gasteiger charge is 2.48. The van der Waals surface area contributed by atoms with Crippen LogP contribution < -0.4 is 14.4 Å². The normalized spacial score (nSPS) is 17.2. The molecule has 0 radical (unpaired) electrons. The standard InChI is InChI=1S/C27H27NO6/c1-3-14-32-20-12-10-18(11-13-20)25(29)23-24(22-9-6-16-34-22)28(27(31)26(23)30)19-7-5-8-21(17-19)33-15-4-2/h5-13,16-17,24,29H,3-4,14-15H2,1-2H3/b25-23-. The van der Waals surface area contributed by atoms with Gasteiger partial charge in [-0.1, -0.05) is 19.9 Å². The van der Waals surface area contributed by atoms with Crippen LogP contribution in [0.3, 0.4) is 0 Å². The molecule has 0 aliphatic carbocycles. The number of benzene rings is 2. The number of nitrogens with zero attached hydrogens (tertiary/aromatic N) is 1. The fourth-order valence-corrected chi connectivity index (χ4v) is 3.84. The zero-order valence-electron chi connectivity index (χ0n) is 19.2. The summed E-state index contributed by atoms with van der Waals surface area (Å²) < 4.78 is 16.9. The van der Waals surface area contributed by atoms with E-state index in [1.807, 2.05) is 13.8 Å². The third-order valence-electron chi connectivity index (χ3n) is 5.43. The number of aliphatic hydroxyl groups is 1. The number of aliphatic hydroxyl groups excluding tert-OH is 1. The van der Waals surface area contributed by atoms with Crippen molar-refractivity contribution in [2.24, 2.45) is 0 Å². The molecule has 34 heavy (non-hydrogen) atoms. The van der Waals surface area contributed by atoms with Crippen LogP contribution in [0.5, 0.6) is 11.5 Å². The molecule has 1 fully saturated rings. The molecule has 1 saturated heterocycles. The van der Waals surface area contributed by atoms with Gasteiger partial charge in [-0.15, -0.1) is 0 Å². The van der Waals surface area contributed by atoms with Crippen LogP contribution in [0, 0.1) is 0 Å². The molecule has 1 aliphatic rings. The van der Waals surface area contributed by atoms with Gasteiger partial charge in [0.15, 0.2) is 0 Å². The van der Waals surface area contributed by atoms with Crippen LogP contribution in [0.25, 0.3) is 5.76 Å². The van der Waals surface area contributed by atoms with Crippen molar-refractivity contribution < 1.29 is 28.6 Å². The summed E-state index contributed by atoms with van der Waals surface area (Å²) in [5.41, 5.74) is 0.833. The summed E-state index contributed by atoms with van der Waals surface area (Å²) >= 11 is 0. The quantitative estimate of drug-likeness (QED) is 0.258. The van der Waals surface area contributed by atoms with Crippen molar-refractivity contribution in [3.05, 3.63) is 83.8 Å². The average Bonchev–Trinajstić information content (AvgIpc) is 3.48. The van der Waals surface area contributed by atoms with Gasteiger partial charge in [0.25, 0.3) is 11.7 Å². The lowest BCUT2D eigenvalue weighted by Gasteiger charge is -2.23. The second kappa shape index (κ2) is 10.3. The van der Waals surface area contributed by atoms with Crippen LogP contribution in [0.4, 0.5) is 5.69 Å². The molecule has 7 heteroatoms. The Morgan fingerprint density at radius 3 is 2.29 bits per heavy atom. The van der Waals surface area contributed by atoms with Crippen molar-refractivity contribution in [1.29, 1.82) is 0 Å². The molecule has 2 aromatic carbocycles. The summed E-state index contributed by atoms with van der Waals surface area (Å²) in [5, 5.41) is 11.2. The van der Waals surface area contributed by atoms with Crippen molar-refractivity contribution in [3.8, 4) is 11.5 Å². The average molecular weight is 462 g/mol. The number of amides is 1. The van der Waals surface area contributed by atoms with E-state index in [1.54, 1.807) is 60.7 Å². The second-order valence-corrected chi connectivity index (χ2v) is 7.90. The lowest BCUT2D eigenvalue weighted by molar-refractivity contribution is -0.132. The second-order valence-electron chi connectivity index (χ2n) is 7.90. The first kappa shape index (κ1) is 23.2. The van der Waals surface area contributed by atoms with E-state index in [4.69, 9.17) is 13.9 Å². The third-order valence-corrected chi connectivity index (χ3v) is 5.43. The molecule has 4 rings (SSSR count). The topological polar surface area (TPSA) is 89.2 Å². The first-order valence-electron chi connectivity index (χ1n) is 11.4. The van der Waals surface area contributed by atoms with Crippen molar-refractivity contribution >= 4 is 23.1 Å². The Balaban J connectivity index is 1.77. The van der Waals surface area contributed by atoms with Crippen LogP contribution in [-0.4, -0.2) is 30.0 Å². The number of carbonyl (C=O) groups is 2. The van der Waals surface area contributed by atoms with Gasteiger partial charge in [0.1, 0.15) is 29.1 Å². The Labute approximate surface area is 198 Å². The molecule has 3 aromatic rings. The van der Waals surface area contributed by atoms with Crippen LogP contribution >= 0.6 is 0 Å². The minimum absolute atomic E-state index is 0.0398. The highest BCUT2D eigenvalue weighted by Crippen LogP contribution is 2.43. The first-order chi connectivity index (χ1) is 16.5. The molecule has 7 nitrogen and oxygen atoms in total. The molecular weight excluding hydrogens is 434 g/mol. The summed E-state index contributed by atoms with van der Waals surface area (Å²) in [7, 11) is 0. The van der Waals surface area contributed by atoms with E-state index in [9.17, 15) is 14.7 Å². The number of anilines is 1. The summed E-state index contributed by atoms with van der Waals surface area (Å²) in [6, 6.07) is 16.2. The van der Waals surface area contributed by atoms with Crippen molar-refractivity contribution in [2.75, 3.05) is 18.1 Å². The minimum atomic E-state index is -0.924. The van der Waals surface area contributed by atoms with E-state index in [2.05, 4.69) is 0 Å². The summed E-state index contributed by atoms with van der Waals surface area (Å²) in [5.74, 6) is -0.206. The maximum Gasteiger partial charge on any atom is 0.300 e. The van der Waals surface area contributed by atoms with Gasteiger partial charge < -0.3 is 19.0 Å². The van der Waals surface area contributed by atoms with Gasteiger partial charge in [-0.05, 0) is 61.4 Å². The van der Waals surface area contributed by atoms with Gasteiger partial charge in [-0.2, -0.15) is 0 Å². The van der Waals surface area contributed by atoms with Gasteiger partial charge in [0.05, 0.1) is 25.1 Å². The summed E-state index contributed by atoms with van der Waals surface area (Å²) in [6.07, 6.45) is 3.18. The Kier molecular flexibility index (Phi) is 7.01. The summed E-state index contributed by atoms with van der Waals surface area (Å²) in [6.45, 7) is 5.12. The number of carbonyl (C=O) groups excluding carboxylic acids is 2. The smallest absolute Gasteiger partial charge is 0.300 e. The Morgan fingerprint density at radius 1 is 0.941 bits per heavy atom. The molecule has 0 bridgehead atoms. The van der Waals surface area contributed by atoms with Gasteiger partial charge in [0.2, 0.25) is 0 Å². The molecule has 1 aromatic heterocycles. The highest BCUT2D eigenvalue weighted by atomic mass is 16.5. The van der Waals surface area contributed by atoms with Crippen LogP contribution in [0.1, 0.15) is 44.1 Å². The molecular formula is C27H27NO6. The van der Waals surface area contributed by atoms with Crippen LogP contribution in [0.15, 0.2) is 76.9 Å². The highest BCUT2D eigenvalue weighted by molar-refractivity contribution is 6.51. The monoisotopic (exact) mass is 461 g/mol. The third kappa shape index (κ3) is 4.55. The van der Waals surface area contributed by atoms with Crippen LogP contribution in [0.2, 0.25) is 0 Å². The molecule has 1 atom stereocenters. The zero-order valence-corrected chi connectivity index (χ0v) is 19.2. The van der Waals surface area contributed by atoms with E-state index < -0.39 is 17.7 Å². The number of ether oxygens (including phenoxy) is 2. The first-order valence-corrected chi connectivity index (χ1v) is 11.4. The van der Waals surface area contributed by atoms with E-state index in [1.165, 1.54) is 11.2 Å². The molecule has 176 valence electrons. The van der Waals surface area contributed by atoms with Crippen molar-refractivity contribution in [2.45, 2.75) is 32.7 Å². The molecule has 1 amide bonds. The van der Waals surface area contributed by atoms with Crippen LogP contribution in [-0.2, 0) is 9.59 Å².